The topological polar surface area (TPSA) is 35.5 Å². The number of hydrogen-bond acceptors (Lipinski definition) is 4. The molecule has 0 amide bonds. The van der Waals surface area contributed by atoms with Crippen LogP contribution >= 0.6 is 43.2 Å². The molecular weight excluding hydrogens is 528 g/mol. The Balaban J connectivity index is 1.74. The molecule has 0 bridgehead atoms. The first-order chi connectivity index (χ1) is 14.5. The van der Waals surface area contributed by atoms with E-state index in [0.717, 1.165) is 49.3 Å². The van der Waals surface area contributed by atoms with E-state index in [4.69, 9.17) is 9.47 Å². The van der Waals surface area contributed by atoms with Crippen molar-refractivity contribution in [3.63, 3.8) is 0 Å². The average Bonchev–Trinajstić information content (AvgIpc) is 3.12. The van der Waals surface area contributed by atoms with Gasteiger partial charge in [-0.05, 0) is 80.3 Å². The Labute approximate surface area is 198 Å². The van der Waals surface area contributed by atoms with E-state index in [1.165, 1.54) is 4.88 Å². The monoisotopic (exact) mass is 548 g/mol. The Kier molecular flexibility index (Phi) is 8.31. The summed E-state index contributed by atoms with van der Waals surface area (Å²) in [5.41, 5.74) is 1.83. The molecule has 0 aliphatic heterocycles. The van der Waals surface area contributed by atoms with Crippen molar-refractivity contribution in [2.45, 2.75) is 26.4 Å². The lowest BCUT2D eigenvalue weighted by atomic mass is 10.1. The lowest BCUT2D eigenvalue weighted by Gasteiger charge is -2.12. The standard InChI is InChI=1S/C24H22Br2O3S/c1-3-6-23-19(26)14-24(30-23)20(27)11-9-16-10-12-21(28-2)17(13-16)15-29-22-8-5-4-7-18(22)25/h4-5,7-14H,3,6,15H2,1-2H3/b11-9+. The van der Waals surface area contributed by atoms with Gasteiger partial charge in [0.25, 0.3) is 0 Å². The largest absolute Gasteiger partial charge is 0.496 e. The minimum absolute atomic E-state index is 0.00453. The van der Waals surface area contributed by atoms with E-state index < -0.39 is 0 Å². The molecule has 3 aromatic rings. The molecule has 6 heteroatoms. The zero-order valence-corrected chi connectivity index (χ0v) is 20.8. The van der Waals surface area contributed by atoms with E-state index in [1.807, 2.05) is 54.6 Å². The summed E-state index contributed by atoms with van der Waals surface area (Å²) >= 11 is 8.60. The highest BCUT2D eigenvalue weighted by molar-refractivity contribution is 9.10. The second kappa shape index (κ2) is 10.9. The van der Waals surface area contributed by atoms with Crippen molar-refractivity contribution >= 4 is 55.1 Å². The Morgan fingerprint density at radius 2 is 1.87 bits per heavy atom. The molecule has 0 radical (unpaired) electrons. The molecule has 0 unspecified atom stereocenters. The highest BCUT2D eigenvalue weighted by Gasteiger charge is 2.11. The summed E-state index contributed by atoms with van der Waals surface area (Å²) < 4.78 is 13.3. The van der Waals surface area contributed by atoms with Gasteiger partial charge >= 0.3 is 0 Å². The molecule has 156 valence electrons. The van der Waals surface area contributed by atoms with Crippen molar-refractivity contribution in [2.75, 3.05) is 7.11 Å². The third-order valence-corrected chi connectivity index (χ3v) is 7.26. The van der Waals surface area contributed by atoms with Crippen molar-refractivity contribution in [1.29, 1.82) is 0 Å². The van der Waals surface area contributed by atoms with E-state index >= 15 is 0 Å². The maximum Gasteiger partial charge on any atom is 0.195 e. The number of carbonyl (C=O) groups is 1. The lowest BCUT2D eigenvalue weighted by Crippen LogP contribution is -2.00. The SMILES string of the molecule is CCCc1sc(C(=O)/C=C/c2ccc(OC)c(COc3ccccc3Br)c2)cc1Br. The number of ether oxygens (including phenoxy) is 2. The molecule has 0 aliphatic rings. The van der Waals surface area contributed by atoms with E-state index in [-0.39, 0.29) is 5.78 Å². The highest BCUT2D eigenvalue weighted by atomic mass is 79.9. The summed E-state index contributed by atoms with van der Waals surface area (Å²) in [5, 5.41) is 0. The zero-order chi connectivity index (χ0) is 21.5. The van der Waals surface area contributed by atoms with E-state index in [0.29, 0.717) is 6.61 Å². The van der Waals surface area contributed by atoms with Gasteiger partial charge in [-0.2, -0.15) is 0 Å². The first-order valence-corrected chi connectivity index (χ1v) is 12.0. The molecule has 30 heavy (non-hydrogen) atoms. The molecule has 0 N–H and O–H groups in total. The number of aryl methyl sites for hydroxylation is 1. The Morgan fingerprint density at radius 3 is 2.60 bits per heavy atom. The lowest BCUT2D eigenvalue weighted by molar-refractivity contribution is 0.105. The van der Waals surface area contributed by atoms with Crippen LogP contribution in [0.1, 0.15) is 39.0 Å². The number of rotatable bonds is 9. The molecule has 0 saturated heterocycles. The third-order valence-electron chi connectivity index (χ3n) is 4.43. The van der Waals surface area contributed by atoms with Gasteiger partial charge in [-0.3, -0.25) is 4.79 Å². The van der Waals surface area contributed by atoms with Gasteiger partial charge in [0.15, 0.2) is 5.78 Å². The van der Waals surface area contributed by atoms with Crippen LogP contribution in [-0.2, 0) is 13.0 Å². The van der Waals surface area contributed by atoms with E-state index in [2.05, 4.69) is 38.8 Å². The zero-order valence-electron chi connectivity index (χ0n) is 16.8. The van der Waals surface area contributed by atoms with Crippen LogP contribution in [-0.4, -0.2) is 12.9 Å². The Morgan fingerprint density at radius 1 is 1.07 bits per heavy atom. The van der Waals surface area contributed by atoms with Crippen LogP contribution in [0.15, 0.2) is 63.6 Å². The minimum Gasteiger partial charge on any atom is -0.496 e. The molecule has 1 aromatic heterocycles. The van der Waals surface area contributed by atoms with Crippen molar-refractivity contribution in [3.8, 4) is 11.5 Å². The molecule has 0 fully saturated rings. The molecule has 0 atom stereocenters. The number of benzene rings is 2. The second-order valence-electron chi connectivity index (χ2n) is 6.62. The highest BCUT2D eigenvalue weighted by Crippen LogP contribution is 2.30. The Bertz CT molecular complexity index is 1060. The number of allylic oxidation sites excluding steroid dienone is 1. The van der Waals surface area contributed by atoms with Crippen molar-refractivity contribution < 1.29 is 14.3 Å². The molecule has 0 saturated carbocycles. The van der Waals surface area contributed by atoms with Gasteiger partial charge in [0.1, 0.15) is 18.1 Å². The molecule has 0 spiro atoms. The van der Waals surface area contributed by atoms with Gasteiger partial charge in [0, 0.05) is 14.9 Å². The van der Waals surface area contributed by atoms with Gasteiger partial charge < -0.3 is 9.47 Å². The first-order valence-electron chi connectivity index (χ1n) is 9.56. The predicted molar refractivity (Wildman–Crippen MR) is 131 cm³/mol. The van der Waals surface area contributed by atoms with Crippen LogP contribution in [0.3, 0.4) is 0 Å². The minimum atomic E-state index is 0.00453. The van der Waals surface area contributed by atoms with Crippen LogP contribution in [0.4, 0.5) is 0 Å². The number of para-hydroxylation sites is 1. The van der Waals surface area contributed by atoms with Gasteiger partial charge in [0.05, 0.1) is 16.5 Å². The first kappa shape index (κ1) is 22.8. The van der Waals surface area contributed by atoms with Crippen molar-refractivity contribution in [1.82, 2.24) is 0 Å². The molecule has 0 aliphatic carbocycles. The summed E-state index contributed by atoms with van der Waals surface area (Å²) in [7, 11) is 1.64. The number of halogens is 2. The fraction of sp³-hybridized carbons (Fsp3) is 0.208. The smallest absolute Gasteiger partial charge is 0.195 e. The maximum atomic E-state index is 12.6. The summed E-state index contributed by atoms with van der Waals surface area (Å²) in [6, 6.07) is 15.4. The molecule has 1 heterocycles. The Hall–Kier alpha value is -1.89. The maximum absolute atomic E-state index is 12.6. The van der Waals surface area contributed by atoms with Crippen molar-refractivity contribution in [3.05, 3.63) is 84.4 Å². The number of thiophene rings is 1. The van der Waals surface area contributed by atoms with Crippen molar-refractivity contribution in [2.24, 2.45) is 0 Å². The van der Waals surface area contributed by atoms with Crippen LogP contribution < -0.4 is 9.47 Å². The van der Waals surface area contributed by atoms with Crippen LogP contribution in [0.2, 0.25) is 0 Å². The van der Waals surface area contributed by atoms with E-state index in [9.17, 15) is 4.79 Å². The molecule has 3 rings (SSSR count). The van der Waals surface area contributed by atoms with E-state index in [1.54, 1.807) is 24.5 Å². The quantitative estimate of drug-likeness (QED) is 0.202. The fourth-order valence-electron chi connectivity index (χ4n) is 2.91. The molecular formula is C24H22Br2O3S. The van der Waals surface area contributed by atoms with Gasteiger partial charge in [0.2, 0.25) is 0 Å². The molecule has 3 nitrogen and oxygen atoms in total. The van der Waals surface area contributed by atoms with Gasteiger partial charge in [-0.1, -0.05) is 37.6 Å². The molecule has 2 aromatic carbocycles. The summed E-state index contributed by atoms with van der Waals surface area (Å²) in [5.74, 6) is 1.52. The summed E-state index contributed by atoms with van der Waals surface area (Å²) in [6.45, 7) is 2.49. The predicted octanol–water partition coefficient (Wildman–Crippen LogP) is 7.71. The van der Waals surface area contributed by atoms with Gasteiger partial charge in [-0.25, -0.2) is 0 Å². The number of methoxy groups -OCH3 is 1. The third kappa shape index (κ3) is 5.84. The van der Waals surface area contributed by atoms with Crippen LogP contribution in [0.25, 0.3) is 6.08 Å². The summed E-state index contributed by atoms with van der Waals surface area (Å²) in [6.07, 6.45) is 5.48. The summed E-state index contributed by atoms with van der Waals surface area (Å²) in [4.78, 5) is 14.5. The normalized spacial score (nSPS) is 11.1. The fourth-order valence-corrected chi connectivity index (χ4v) is 5.21. The average molecular weight is 550 g/mol. The van der Waals surface area contributed by atoms with Crippen LogP contribution in [0.5, 0.6) is 11.5 Å². The number of hydrogen-bond donors (Lipinski definition) is 0. The van der Waals surface area contributed by atoms with Gasteiger partial charge in [-0.15, -0.1) is 11.3 Å². The number of carbonyl (C=O) groups excluding carboxylic acids is 1. The number of ketones is 1. The second-order valence-corrected chi connectivity index (χ2v) is 9.47. The van der Waals surface area contributed by atoms with Crippen LogP contribution in [0, 0.1) is 0 Å².